The molecule has 33 heavy (non-hydrogen) atoms. The number of halogens is 3. The number of alkyl halides is 3. The van der Waals surface area contributed by atoms with Crippen molar-refractivity contribution in [1.29, 1.82) is 5.26 Å². The van der Waals surface area contributed by atoms with Gasteiger partial charge in [0.05, 0.1) is 21.6 Å². The fourth-order valence-electron chi connectivity index (χ4n) is 3.27. The molecule has 1 heterocycles. The van der Waals surface area contributed by atoms with Crippen molar-refractivity contribution < 1.29 is 33.0 Å². The zero-order valence-corrected chi connectivity index (χ0v) is 16.8. The molecule has 0 aliphatic carbocycles. The summed E-state index contributed by atoms with van der Waals surface area (Å²) in [5.74, 6) is -1.95. The van der Waals surface area contributed by atoms with Crippen LogP contribution in [-0.4, -0.2) is 15.1 Å². The molecule has 2 aromatic carbocycles. The first kappa shape index (κ1) is 23.1. The van der Waals surface area contributed by atoms with Crippen LogP contribution in [0.1, 0.15) is 22.4 Å². The zero-order valence-electron chi connectivity index (χ0n) is 16.8. The highest BCUT2D eigenvalue weighted by Gasteiger charge is 2.39. The average Bonchev–Trinajstić information content (AvgIpc) is 2.75. The number of nitrogens with zero attached hydrogens (tertiary/aromatic N) is 3. The van der Waals surface area contributed by atoms with E-state index in [-0.39, 0.29) is 21.6 Å². The molecule has 11 heteroatoms. The average molecular weight is 457 g/mol. The number of nitriles is 1. The second kappa shape index (κ2) is 8.51. The van der Waals surface area contributed by atoms with Gasteiger partial charge in [-0.3, -0.25) is 10.1 Å². The van der Waals surface area contributed by atoms with Gasteiger partial charge < -0.3 is 15.4 Å². The number of pyridine rings is 1. The molecule has 2 N–H and O–H groups in total. The number of aromatic hydroxyl groups is 2. The Hall–Kier alpha value is -4.59. The normalized spacial score (nSPS) is 11.8. The maximum absolute atomic E-state index is 14.0. The summed E-state index contributed by atoms with van der Waals surface area (Å²) in [6, 6.07) is 11.3. The third-order valence-corrected chi connectivity index (χ3v) is 4.72. The zero-order chi connectivity index (χ0) is 24.5. The van der Waals surface area contributed by atoms with E-state index in [1.165, 1.54) is 31.2 Å². The summed E-state index contributed by atoms with van der Waals surface area (Å²) in [7, 11) is 0. The van der Waals surface area contributed by atoms with Crippen molar-refractivity contribution in [2.45, 2.75) is 13.1 Å². The molecule has 168 valence electrons. The van der Waals surface area contributed by atoms with Crippen LogP contribution in [0.2, 0.25) is 0 Å². The molecule has 1 aromatic heterocycles. The number of aromatic nitrogens is 1. The number of phenols is 2. The second-order valence-corrected chi connectivity index (χ2v) is 6.92. The molecule has 0 atom stereocenters. The van der Waals surface area contributed by atoms with Gasteiger partial charge in [0.1, 0.15) is 6.07 Å². The summed E-state index contributed by atoms with van der Waals surface area (Å²) in [5.41, 5.74) is -4.36. The number of aryl methyl sites for hydroxylation is 1. The van der Waals surface area contributed by atoms with Crippen LogP contribution in [0.3, 0.4) is 0 Å². The van der Waals surface area contributed by atoms with Crippen LogP contribution in [-0.2, 0) is 6.18 Å². The Balaban J connectivity index is 2.43. The van der Waals surface area contributed by atoms with Crippen molar-refractivity contribution >= 4 is 17.3 Å². The first-order valence-corrected chi connectivity index (χ1v) is 9.18. The maximum atomic E-state index is 14.0. The number of nitro benzene ring substituents is 1. The topological polar surface area (TPSA) is 134 Å². The fourth-order valence-corrected chi connectivity index (χ4v) is 3.27. The molecular weight excluding hydrogens is 443 g/mol. The van der Waals surface area contributed by atoms with Gasteiger partial charge in [-0.05, 0) is 29.8 Å². The molecule has 3 aromatic rings. The summed E-state index contributed by atoms with van der Waals surface area (Å²) in [4.78, 5) is 10.1. The van der Waals surface area contributed by atoms with E-state index in [9.17, 15) is 44.0 Å². The van der Waals surface area contributed by atoms with E-state index in [4.69, 9.17) is 0 Å². The lowest BCUT2D eigenvalue weighted by molar-refractivity contribution is -0.601. The third kappa shape index (κ3) is 4.40. The van der Waals surface area contributed by atoms with Crippen LogP contribution in [0.5, 0.6) is 11.5 Å². The van der Waals surface area contributed by atoms with Crippen LogP contribution < -0.4 is 4.73 Å². The standard InChI is InChI=1S/C22H14F3N3O5/c1-12-7-16(22(23,24)25)19(20(27(12)31)14-5-3-2-4-6-14)15(11-26)8-13-9-17(28(32)33)21(30)18(29)10-13/h2-10,29-30H,1H3. The number of hydrogen-bond donors (Lipinski definition) is 2. The van der Waals surface area contributed by atoms with Crippen LogP contribution in [0.15, 0.2) is 48.5 Å². The molecule has 0 radical (unpaired) electrons. The quantitative estimate of drug-likeness (QED) is 0.146. The lowest BCUT2D eigenvalue weighted by Crippen LogP contribution is -2.35. The summed E-state index contributed by atoms with van der Waals surface area (Å²) in [6.07, 6.45) is -4.09. The highest BCUT2D eigenvalue weighted by atomic mass is 19.4. The second-order valence-electron chi connectivity index (χ2n) is 6.92. The largest absolute Gasteiger partial charge is 0.618 e. The Kier molecular flexibility index (Phi) is 5.95. The first-order chi connectivity index (χ1) is 15.5. The fraction of sp³-hybridized carbons (Fsp3) is 0.0909. The van der Waals surface area contributed by atoms with E-state index in [2.05, 4.69) is 0 Å². The number of rotatable bonds is 4. The SMILES string of the molecule is Cc1cc(C(F)(F)F)c(C(C#N)=Cc2cc(O)c(O)c([N+](=O)[O-])c2)c(-c2ccccc2)[n+]1[O-]. The number of nitro groups is 1. The molecule has 3 rings (SSSR count). The monoisotopic (exact) mass is 457 g/mol. The molecule has 0 aliphatic heterocycles. The van der Waals surface area contributed by atoms with Crippen molar-refractivity contribution in [3.05, 3.63) is 86.2 Å². The highest BCUT2D eigenvalue weighted by Crippen LogP contribution is 2.41. The summed E-state index contributed by atoms with van der Waals surface area (Å²) in [5, 5.41) is 53.1. The number of phenolic OH excluding ortho intramolecular Hbond substituents is 2. The molecule has 0 fully saturated rings. The highest BCUT2D eigenvalue weighted by molar-refractivity contribution is 5.95. The van der Waals surface area contributed by atoms with Crippen molar-refractivity contribution in [3.8, 4) is 28.8 Å². The smallest absolute Gasteiger partial charge is 0.417 e. The Morgan fingerprint density at radius 3 is 2.36 bits per heavy atom. The van der Waals surface area contributed by atoms with E-state index in [1.54, 1.807) is 12.1 Å². The van der Waals surface area contributed by atoms with Crippen molar-refractivity contribution in [2.24, 2.45) is 0 Å². The molecular formula is C22H14F3N3O5. The molecule has 0 spiro atoms. The van der Waals surface area contributed by atoms with Crippen LogP contribution in [0.4, 0.5) is 18.9 Å². The van der Waals surface area contributed by atoms with Crippen LogP contribution in [0.25, 0.3) is 22.9 Å². The first-order valence-electron chi connectivity index (χ1n) is 9.18. The molecule has 0 saturated carbocycles. The van der Waals surface area contributed by atoms with Gasteiger partial charge in [0.25, 0.3) is 0 Å². The van der Waals surface area contributed by atoms with E-state index < -0.39 is 50.7 Å². The van der Waals surface area contributed by atoms with Gasteiger partial charge in [-0.1, -0.05) is 18.2 Å². The Bertz CT molecular complexity index is 1330. The maximum Gasteiger partial charge on any atom is 0.417 e. The number of benzene rings is 2. The predicted molar refractivity (Wildman–Crippen MR) is 110 cm³/mol. The van der Waals surface area contributed by atoms with Gasteiger partial charge in [0.15, 0.2) is 11.4 Å². The van der Waals surface area contributed by atoms with Gasteiger partial charge in [0, 0.05) is 24.6 Å². The van der Waals surface area contributed by atoms with Gasteiger partial charge in [0.2, 0.25) is 11.4 Å². The van der Waals surface area contributed by atoms with Crippen molar-refractivity contribution in [2.75, 3.05) is 0 Å². The molecule has 0 aliphatic rings. The van der Waals surface area contributed by atoms with Gasteiger partial charge >= 0.3 is 11.9 Å². The predicted octanol–water partition coefficient (Wildman–Crippen LogP) is 4.70. The minimum Gasteiger partial charge on any atom is -0.618 e. The molecule has 0 amide bonds. The van der Waals surface area contributed by atoms with Crippen molar-refractivity contribution in [3.63, 3.8) is 0 Å². The van der Waals surface area contributed by atoms with Gasteiger partial charge in [-0.15, -0.1) is 0 Å². The molecule has 0 unspecified atom stereocenters. The molecule has 8 nitrogen and oxygen atoms in total. The van der Waals surface area contributed by atoms with Crippen LogP contribution in [0, 0.1) is 33.6 Å². The molecule has 0 bridgehead atoms. The van der Waals surface area contributed by atoms with E-state index >= 15 is 0 Å². The minimum absolute atomic E-state index is 0.109. The van der Waals surface area contributed by atoms with E-state index in [0.29, 0.717) is 6.07 Å². The van der Waals surface area contributed by atoms with Gasteiger partial charge in [-0.25, -0.2) is 0 Å². The van der Waals surface area contributed by atoms with Crippen molar-refractivity contribution in [1.82, 2.24) is 0 Å². The minimum atomic E-state index is -4.95. The van der Waals surface area contributed by atoms with E-state index in [1.807, 2.05) is 0 Å². The summed E-state index contributed by atoms with van der Waals surface area (Å²) in [6.45, 7) is 1.19. The Morgan fingerprint density at radius 1 is 1.18 bits per heavy atom. The summed E-state index contributed by atoms with van der Waals surface area (Å²) < 4.78 is 42.2. The lowest BCUT2D eigenvalue weighted by atomic mass is 9.92. The number of allylic oxidation sites excluding steroid dienone is 1. The summed E-state index contributed by atoms with van der Waals surface area (Å²) >= 11 is 0. The van der Waals surface area contributed by atoms with Crippen LogP contribution >= 0.6 is 0 Å². The third-order valence-electron chi connectivity index (χ3n) is 4.72. The lowest BCUT2D eigenvalue weighted by Gasteiger charge is -2.18. The Labute approximate surface area is 184 Å². The molecule has 0 saturated heterocycles. The van der Waals surface area contributed by atoms with E-state index in [0.717, 1.165) is 18.2 Å². The van der Waals surface area contributed by atoms with Gasteiger partial charge in [-0.2, -0.15) is 23.2 Å². The Morgan fingerprint density at radius 2 is 1.82 bits per heavy atom. The number of hydrogen-bond acceptors (Lipinski definition) is 6.